The molecule has 0 aliphatic heterocycles. The molecular formula is C13H27F3N2O. The molecule has 6 heteroatoms. The first-order valence-electron chi connectivity index (χ1n) is 6.72. The van der Waals surface area contributed by atoms with Gasteiger partial charge in [0, 0.05) is 17.6 Å². The van der Waals surface area contributed by atoms with Gasteiger partial charge in [-0.25, -0.2) is 0 Å². The maximum atomic E-state index is 12.5. The molecule has 0 saturated carbocycles. The Morgan fingerprint density at radius 3 is 2.05 bits per heavy atom. The highest BCUT2D eigenvalue weighted by atomic mass is 19.4. The third-order valence-electron chi connectivity index (χ3n) is 3.14. The van der Waals surface area contributed by atoms with E-state index < -0.39 is 18.3 Å². The summed E-state index contributed by atoms with van der Waals surface area (Å²) in [5.74, 6) is 0. The molecule has 0 aromatic heterocycles. The number of aliphatic hydroxyl groups is 1. The molecule has 0 aromatic carbocycles. The minimum Gasteiger partial charge on any atom is -0.394 e. The normalized spacial score (nSPS) is 17.8. The Morgan fingerprint density at radius 2 is 1.74 bits per heavy atom. The Bertz CT molecular complexity index is 259. The standard InChI is InChI=1S/C13H27F3N2O/c1-6-18(8-13(14,15)16)11(4)7-12(5,9-19)17-10(2)3/h10-11,17,19H,6-9H2,1-5H3. The zero-order valence-electron chi connectivity index (χ0n) is 12.5. The van der Waals surface area contributed by atoms with Crippen LogP contribution in [-0.2, 0) is 0 Å². The molecule has 0 heterocycles. The van der Waals surface area contributed by atoms with Crippen molar-refractivity contribution in [3.63, 3.8) is 0 Å². The van der Waals surface area contributed by atoms with E-state index in [2.05, 4.69) is 5.32 Å². The van der Waals surface area contributed by atoms with Gasteiger partial charge in [0.25, 0.3) is 0 Å². The fourth-order valence-electron chi connectivity index (χ4n) is 2.46. The van der Waals surface area contributed by atoms with E-state index in [9.17, 15) is 18.3 Å². The number of halogens is 3. The summed E-state index contributed by atoms with van der Waals surface area (Å²) >= 11 is 0. The fourth-order valence-corrected chi connectivity index (χ4v) is 2.46. The summed E-state index contributed by atoms with van der Waals surface area (Å²) < 4.78 is 37.4. The Balaban J connectivity index is 4.65. The van der Waals surface area contributed by atoms with Gasteiger partial charge in [-0.15, -0.1) is 0 Å². The van der Waals surface area contributed by atoms with Crippen molar-refractivity contribution in [1.29, 1.82) is 0 Å². The fraction of sp³-hybridized carbons (Fsp3) is 1.00. The lowest BCUT2D eigenvalue weighted by Crippen LogP contribution is -2.53. The van der Waals surface area contributed by atoms with Crippen LogP contribution in [-0.4, -0.2) is 53.5 Å². The van der Waals surface area contributed by atoms with Crippen LogP contribution >= 0.6 is 0 Å². The lowest BCUT2D eigenvalue weighted by Gasteiger charge is -2.37. The van der Waals surface area contributed by atoms with Crippen molar-refractivity contribution in [2.24, 2.45) is 0 Å². The predicted octanol–water partition coefficient (Wildman–Crippen LogP) is 2.40. The van der Waals surface area contributed by atoms with Crippen LogP contribution in [0.2, 0.25) is 0 Å². The molecule has 2 unspecified atom stereocenters. The van der Waals surface area contributed by atoms with E-state index in [1.807, 2.05) is 20.8 Å². The second-order valence-electron chi connectivity index (χ2n) is 5.75. The molecule has 3 nitrogen and oxygen atoms in total. The molecule has 0 amide bonds. The van der Waals surface area contributed by atoms with E-state index in [-0.39, 0.29) is 18.7 Å². The zero-order chi connectivity index (χ0) is 15.3. The topological polar surface area (TPSA) is 35.5 Å². The van der Waals surface area contributed by atoms with Crippen molar-refractivity contribution in [2.45, 2.75) is 64.8 Å². The van der Waals surface area contributed by atoms with Crippen LogP contribution in [0.15, 0.2) is 0 Å². The van der Waals surface area contributed by atoms with E-state index in [0.717, 1.165) is 0 Å². The van der Waals surface area contributed by atoms with Gasteiger partial charge >= 0.3 is 6.18 Å². The van der Waals surface area contributed by atoms with E-state index in [0.29, 0.717) is 13.0 Å². The van der Waals surface area contributed by atoms with Crippen molar-refractivity contribution >= 4 is 0 Å². The summed E-state index contributed by atoms with van der Waals surface area (Å²) in [6.07, 6.45) is -3.73. The SMILES string of the molecule is CCN(CC(F)(F)F)C(C)CC(C)(CO)NC(C)C. The maximum absolute atomic E-state index is 12.5. The minimum atomic E-state index is -4.19. The second kappa shape index (κ2) is 7.45. The first-order chi connectivity index (χ1) is 8.53. The summed E-state index contributed by atoms with van der Waals surface area (Å²) in [6, 6.07) is -0.0860. The molecule has 0 radical (unpaired) electrons. The van der Waals surface area contributed by atoms with Gasteiger partial charge in [0.15, 0.2) is 0 Å². The molecule has 0 saturated heterocycles. The van der Waals surface area contributed by atoms with Crippen molar-refractivity contribution < 1.29 is 18.3 Å². The number of alkyl halides is 3. The van der Waals surface area contributed by atoms with Crippen LogP contribution in [0.3, 0.4) is 0 Å². The van der Waals surface area contributed by atoms with Crippen LogP contribution in [0.25, 0.3) is 0 Å². The molecule has 0 fully saturated rings. The van der Waals surface area contributed by atoms with Crippen molar-refractivity contribution in [3.05, 3.63) is 0 Å². The molecule has 2 N–H and O–H groups in total. The van der Waals surface area contributed by atoms with Gasteiger partial charge in [-0.2, -0.15) is 13.2 Å². The average molecular weight is 284 g/mol. The number of hydrogen-bond donors (Lipinski definition) is 2. The molecule has 0 spiro atoms. The highest BCUT2D eigenvalue weighted by molar-refractivity contribution is 4.88. The Kier molecular flexibility index (Phi) is 7.32. The summed E-state index contributed by atoms with van der Waals surface area (Å²) in [6.45, 7) is 8.55. The van der Waals surface area contributed by atoms with Gasteiger partial charge in [-0.3, -0.25) is 4.90 Å². The largest absolute Gasteiger partial charge is 0.401 e. The highest BCUT2D eigenvalue weighted by Gasteiger charge is 2.34. The Labute approximate surface area is 114 Å². The van der Waals surface area contributed by atoms with Crippen LogP contribution in [0.1, 0.15) is 41.0 Å². The number of rotatable bonds is 8. The van der Waals surface area contributed by atoms with Crippen LogP contribution in [0.5, 0.6) is 0 Å². The summed E-state index contributed by atoms with van der Waals surface area (Å²) in [5.41, 5.74) is -0.563. The van der Waals surface area contributed by atoms with Gasteiger partial charge in [0.2, 0.25) is 0 Å². The summed E-state index contributed by atoms with van der Waals surface area (Å²) in [4.78, 5) is 1.38. The molecule has 0 bridgehead atoms. The first kappa shape index (κ1) is 18.7. The van der Waals surface area contributed by atoms with Crippen LogP contribution < -0.4 is 5.32 Å². The second-order valence-corrected chi connectivity index (χ2v) is 5.75. The van der Waals surface area contributed by atoms with Crippen molar-refractivity contribution in [2.75, 3.05) is 19.7 Å². The third-order valence-corrected chi connectivity index (χ3v) is 3.14. The minimum absolute atomic E-state index is 0.0981. The maximum Gasteiger partial charge on any atom is 0.401 e. The van der Waals surface area contributed by atoms with Gasteiger partial charge in [-0.05, 0) is 26.8 Å². The molecule has 19 heavy (non-hydrogen) atoms. The zero-order valence-corrected chi connectivity index (χ0v) is 12.5. The Morgan fingerprint density at radius 1 is 1.21 bits per heavy atom. The van der Waals surface area contributed by atoms with E-state index >= 15 is 0 Å². The van der Waals surface area contributed by atoms with Gasteiger partial charge in [-0.1, -0.05) is 20.8 Å². The van der Waals surface area contributed by atoms with E-state index in [4.69, 9.17) is 0 Å². The van der Waals surface area contributed by atoms with Gasteiger partial charge < -0.3 is 10.4 Å². The van der Waals surface area contributed by atoms with Gasteiger partial charge in [0.1, 0.15) is 0 Å². The smallest absolute Gasteiger partial charge is 0.394 e. The first-order valence-corrected chi connectivity index (χ1v) is 6.72. The molecule has 2 atom stereocenters. The quantitative estimate of drug-likeness (QED) is 0.718. The lowest BCUT2D eigenvalue weighted by molar-refractivity contribution is -0.150. The number of hydrogen-bond acceptors (Lipinski definition) is 3. The highest BCUT2D eigenvalue weighted by Crippen LogP contribution is 2.22. The Hall–Kier alpha value is -0.330. The number of aliphatic hydroxyl groups excluding tert-OH is 1. The third kappa shape index (κ3) is 7.74. The molecular weight excluding hydrogens is 257 g/mol. The van der Waals surface area contributed by atoms with Crippen LogP contribution in [0, 0.1) is 0 Å². The van der Waals surface area contributed by atoms with E-state index in [1.165, 1.54) is 4.90 Å². The van der Waals surface area contributed by atoms with Crippen LogP contribution in [0.4, 0.5) is 13.2 Å². The van der Waals surface area contributed by atoms with Crippen molar-refractivity contribution in [3.8, 4) is 0 Å². The van der Waals surface area contributed by atoms with Crippen molar-refractivity contribution in [1.82, 2.24) is 10.2 Å². The molecule has 0 aliphatic carbocycles. The molecule has 0 aromatic rings. The van der Waals surface area contributed by atoms with Gasteiger partial charge in [0.05, 0.1) is 13.2 Å². The average Bonchev–Trinajstić information content (AvgIpc) is 2.23. The summed E-state index contributed by atoms with van der Waals surface area (Å²) in [5, 5.41) is 12.7. The predicted molar refractivity (Wildman–Crippen MR) is 71.1 cm³/mol. The molecule has 0 rings (SSSR count). The van der Waals surface area contributed by atoms with E-state index in [1.54, 1.807) is 13.8 Å². The lowest BCUT2D eigenvalue weighted by atomic mass is 9.92. The number of nitrogens with zero attached hydrogens (tertiary/aromatic N) is 1. The molecule has 116 valence electrons. The number of nitrogens with one attached hydrogen (secondary N) is 1. The molecule has 0 aliphatic rings. The summed E-state index contributed by atoms with van der Waals surface area (Å²) in [7, 11) is 0. The monoisotopic (exact) mass is 284 g/mol.